The number of nitriles is 1. The third-order valence-electron chi connectivity index (χ3n) is 4.16. The molecule has 0 unspecified atom stereocenters. The molecule has 1 atom stereocenters. The van der Waals surface area contributed by atoms with E-state index >= 15 is 0 Å². The van der Waals surface area contributed by atoms with E-state index in [2.05, 4.69) is 29.3 Å². The van der Waals surface area contributed by atoms with Crippen molar-refractivity contribution >= 4 is 35.8 Å². The Labute approximate surface area is 162 Å². The van der Waals surface area contributed by atoms with E-state index in [9.17, 15) is 10.1 Å². The number of rotatable bonds is 3. The van der Waals surface area contributed by atoms with Crippen molar-refractivity contribution in [3.05, 3.63) is 87.1 Å². The molecule has 2 N–H and O–H groups in total. The zero-order chi connectivity index (χ0) is 18.7. The second-order valence-corrected chi connectivity index (χ2v) is 6.67. The summed E-state index contributed by atoms with van der Waals surface area (Å²) >= 11 is 10.8. The van der Waals surface area contributed by atoms with Crippen LogP contribution < -0.4 is 10.6 Å². The lowest BCUT2D eigenvalue weighted by Gasteiger charge is -2.29. The summed E-state index contributed by atoms with van der Waals surface area (Å²) in [5.41, 5.74) is 2.79. The number of nitrogens with one attached hydrogen (secondary N) is 2. The minimum atomic E-state index is -0.592. The summed E-state index contributed by atoms with van der Waals surface area (Å²) in [7, 11) is 0. The number of nitrogens with zero attached hydrogens (tertiary/aromatic N) is 1. The number of anilines is 1. The highest BCUT2D eigenvalue weighted by atomic mass is 35.5. The van der Waals surface area contributed by atoms with Crippen molar-refractivity contribution in [3.63, 3.8) is 0 Å². The van der Waals surface area contributed by atoms with E-state index < -0.39 is 5.92 Å². The fourth-order valence-electron chi connectivity index (χ4n) is 2.97. The first-order valence-electron chi connectivity index (χ1n) is 7.94. The van der Waals surface area contributed by atoms with Gasteiger partial charge in [-0.2, -0.15) is 5.26 Å². The maximum absolute atomic E-state index is 13.0. The lowest BCUT2D eigenvalue weighted by atomic mass is 9.82. The monoisotopic (exact) mass is 381 g/mol. The van der Waals surface area contributed by atoms with E-state index in [0.717, 1.165) is 0 Å². The number of dihydropyridines is 1. The van der Waals surface area contributed by atoms with Gasteiger partial charge in [0.15, 0.2) is 0 Å². The average Bonchev–Trinajstić information content (AvgIpc) is 2.62. The van der Waals surface area contributed by atoms with E-state index in [1.807, 2.05) is 36.4 Å². The van der Waals surface area contributed by atoms with Crippen LogP contribution in [0.3, 0.4) is 0 Å². The van der Waals surface area contributed by atoms with Gasteiger partial charge in [-0.1, -0.05) is 48.0 Å². The number of amides is 1. The van der Waals surface area contributed by atoms with Gasteiger partial charge < -0.3 is 10.6 Å². The molecular formula is C20H16ClN3OS. The van der Waals surface area contributed by atoms with Crippen LogP contribution in [-0.4, -0.2) is 5.91 Å². The summed E-state index contributed by atoms with van der Waals surface area (Å²) in [6.45, 7) is 1.79. The number of carbonyl (C=O) groups excluding carboxylic acids is 1. The molecule has 130 valence electrons. The van der Waals surface area contributed by atoms with Gasteiger partial charge in [0.1, 0.15) is 0 Å². The highest BCUT2D eigenvalue weighted by molar-refractivity contribution is 7.84. The second kappa shape index (κ2) is 7.69. The molecular weight excluding hydrogens is 366 g/mol. The summed E-state index contributed by atoms with van der Waals surface area (Å²) in [6, 6.07) is 18.5. The Kier molecular flexibility index (Phi) is 5.36. The van der Waals surface area contributed by atoms with E-state index in [0.29, 0.717) is 38.1 Å². The Bertz CT molecular complexity index is 961. The minimum Gasteiger partial charge on any atom is -0.353 e. The SMILES string of the molecule is CC1=C(C(=O)Nc2ccccc2)[C@H](c2ccccc2Cl)C(C#N)=C(S)N1. The van der Waals surface area contributed by atoms with Gasteiger partial charge in [0.25, 0.3) is 5.91 Å². The zero-order valence-electron chi connectivity index (χ0n) is 14.0. The fraction of sp³-hybridized carbons (Fsp3) is 0.100. The van der Waals surface area contributed by atoms with Gasteiger partial charge in [-0.3, -0.25) is 4.79 Å². The van der Waals surface area contributed by atoms with Crippen molar-refractivity contribution in [1.29, 1.82) is 5.26 Å². The van der Waals surface area contributed by atoms with Gasteiger partial charge >= 0.3 is 0 Å². The van der Waals surface area contributed by atoms with Crippen LogP contribution in [-0.2, 0) is 4.79 Å². The molecule has 0 radical (unpaired) electrons. The third kappa shape index (κ3) is 3.48. The van der Waals surface area contributed by atoms with Gasteiger partial charge in [-0.05, 0) is 30.7 Å². The van der Waals surface area contributed by atoms with Gasteiger partial charge in [0, 0.05) is 22.0 Å². The van der Waals surface area contributed by atoms with Crippen molar-refractivity contribution in [3.8, 4) is 6.07 Å². The standard InChI is InChI=1S/C20H16ClN3OS/c1-12-17(19(25)24-13-7-3-2-4-8-13)18(15(11-22)20(26)23-12)14-9-5-6-10-16(14)21/h2-10,18,23,26H,1H3,(H,24,25)/t18-/m1/s1. The molecule has 1 heterocycles. The van der Waals surface area contributed by atoms with E-state index in [1.54, 1.807) is 25.1 Å². The topological polar surface area (TPSA) is 64.9 Å². The molecule has 1 amide bonds. The molecule has 0 saturated heterocycles. The Morgan fingerprint density at radius 1 is 1.19 bits per heavy atom. The number of halogens is 1. The Balaban J connectivity index is 2.09. The molecule has 0 saturated carbocycles. The van der Waals surface area contributed by atoms with Crippen LogP contribution in [0.1, 0.15) is 18.4 Å². The number of carbonyl (C=O) groups is 1. The first-order valence-corrected chi connectivity index (χ1v) is 8.77. The van der Waals surface area contributed by atoms with Crippen LogP contribution in [0.5, 0.6) is 0 Å². The Morgan fingerprint density at radius 3 is 2.50 bits per heavy atom. The summed E-state index contributed by atoms with van der Waals surface area (Å²) in [5, 5.41) is 16.5. The predicted molar refractivity (Wildman–Crippen MR) is 107 cm³/mol. The normalized spacial score (nSPS) is 16.8. The number of hydrogen-bond acceptors (Lipinski definition) is 4. The van der Waals surface area contributed by atoms with E-state index in [4.69, 9.17) is 11.6 Å². The lowest BCUT2D eigenvalue weighted by Crippen LogP contribution is -2.30. The maximum atomic E-state index is 13.0. The number of thiol groups is 1. The van der Waals surface area contributed by atoms with Gasteiger partial charge in [0.05, 0.1) is 22.6 Å². The first-order chi connectivity index (χ1) is 12.5. The highest BCUT2D eigenvalue weighted by Gasteiger charge is 2.34. The van der Waals surface area contributed by atoms with Crippen molar-refractivity contribution in [2.24, 2.45) is 0 Å². The van der Waals surface area contributed by atoms with Crippen LogP contribution in [0.15, 0.2) is 76.5 Å². The molecule has 1 aliphatic heterocycles. The summed E-state index contributed by atoms with van der Waals surface area (Å²) < 4.78 is 0. The number of benzene rings is 2. The third-order valence-corrected chi connectivity index (χ3v) is 4.85. The maximum Gasteiger partial charge on any atom is 0.254 e. The Morgan fingerprint density at radius 2 is 1.85 bits per heavy atom. The zero-order valence-corrected chi connectivity index (χ0v) is 15.6. The highest BCUT2D eigenvalue weighted by Crippen LogP contribution is 2.41. The van der Waals surface area contributed by atoms with Crippen molar-refractivity contribution in [2.45, 2.75) is 12.8 Å². The van der Waals surface area contributed by atoms with Crippen LogP contribution in [0.25, 0.3) is 0 Å². The van der Waals surface area contributed by atoms with Crippen LogP contribution in [0.2, 0.25) is 5.02 Å². The van der Waals surface area contributed by atoms with Gasteiger partial charge in [-0.25, -0.2) is 0 Å². The summed E-state index contributed by atoms with van der Waals surface area (Å²) in [4.78, 5) is 13.0. The summed E-state index contributed by atoms with van der Waals surface area (Å²) in [5.74, 6) is -0.883. The van der Waals surface area contributed by atoms with Crippen LogP contribution in [0.4, 0.5) is 5.69 Å². The number of hydrogen-bond donors (Lipinski definition) is 3. The fourth-order valence-corrected chi connectivity index (χ4v) is 3.56. The van der Waals surface area contributed by atoms with Gasteiger partial charge in [-0.15, -0.1) is 12.6 Å². The lowest BCUT2D eigenvalue weighted by molar-refractivity contribution is -0.113. The largest absolute Gasteiger partial charge is 0.353 e. The van der Waals surface area contributed by atoms with Crippen LogP contribution in [0, 0.1) is 11.3 Å². The second-order valence-electron chi connectivity index (χ2n) is 5.81. The number of para-hydroxylation sites is 1. The van der Waals surface area contributed by atoms with E-state index in [-0.39, 0.29) is 5.91 Å². The molecule has 4 nitrogen and oxygen atoms in total. The molecule has 0 fully saturated rings. The van der Waals surface area contributed by atoms with E-state index in [1.165, 1.54) is 0 Å². The van der Waals surface area contributed by atoms with Gasteiger partial charge in [0.2, 0.25) is 0 Å². The molecule has 0 aromatic heterocycles. The molecule has 2 aromatic rings. The molecule has 3 rings (SSSR count). The molecule has 0 aliphatic carbocycles. The van der Waals surface area contributed by atoms with Crippen molar-refractivity contribution < 1.29 is 4.79 Å². The molecule has 6 heteroatoms. The molecule has 26 heavy (non-hydrogen) atoms. The molecule has 1 aliphatic rings. The number of allylic oxidation sites excluding steroid dienone is 2. The predicted octanol–water partition coefficient (Wildman–Crippen LogP) is 4.60. The Hall–Kier alpha value is -2.68. The average molecular weight is 382 g/mol. The first kappa shape index (κ1) is 18.1. The minimum absolute atomic E-state index is 0.292. The smallest absolute Gasteiger partial charge is 0.254 e. The molecule has 0 spiro atoms. The van der Waals surface area contributed by atoms with Crippen LogP contribution >= 0.6 is 24.2 Å². The molecule has 0 bridgehead atoms. The molecule has 2 aromatic carbocycles. The summed E-state index contributed by atoms with van der Waals surface area (Å²) in [6.07, 6.45) is 0. The van der Waals surface area contributed by atoms with Crippen molar-refractivity contribution in [1.82, 2.24) is 5.32 Å². The quantitative estimate of drug-likeness (QED) is 0.680. The van der Waals surface area contributed by atoms with Crippen molar-refractivity contribution in [2.75, 3.05) is 5.32 Å².